The first-order valence-electron chi connectivity index (χ1n) is 11.4. The first-order valence-corrected chi connectivity index (χ1v) is 11.7. The van der Waals surface area contributed by atoms with Gasteiger partial charge in [0.05, 0.1) is 18.7 Å². The van der Waals surface area contributed by atoms with Crippen LogP contribution in [-0.2, 0) is 14.3 Å². The van der Waals surface area contributed by atoms with Gasteiger partial charge in [-0.3, -0.25) is 19.2 Å². The van der Waals surface area contributed by atoms with Gasteiger partial charge in [0.2, 0.25) is 11.7 Å². The molecule has 3 aromatic rings. The van der Waals surface area contributed by atoms with Crippen molar-refractivity contribution in [2.24, 2.45) is 5.92 Å². The second-order valence-electron chi connectivity index (χ2n) is 8.43. The molecular weight excluding hydrogens is 482 g/mol. The quantitative estimate of drug-likeness (QED) is 0.324. The van der Waals surface area contributed by atoms with Gasteiger partial charge in [-0.1, -0.05) is 41.9 Å². The van der Waals surface area contributed by atoms with Crippen molar-refractivity contribution < 1.29 is 28.7 Å². The third-order valence-corrected chi connectivity index (χ3v) is 6.26. The van der Waals surface area contributed by atoms with Crippen LogP contribution in [0.15, 0.2) is 72.8 Å². The molecule has 7 nitrogen and oxygen atoms in total. The van der Waals surface area contributed by atoms with Gasteiger partial charge in [0, 0.05) is 34.7 Å². The molecule has 4 rings (SSSR count). The topological polar surface area (TPSA) is 90.0 Å². The van der Waals surface area contributed by atoms with E-state index >= 15 is 0 Å². The Balaban J connectivity index is 1.48. The molecule has 1 heterocycles. The predicted molar refractivity (Wildman–Crippen MR) is 135 cm³/mol. The smallest absolute Gasteiger partial charge is 0.312 e. The largest absolute Gasteiger partial charge is 0.497 e. The molecule has 184 valence electrons. The summed E-state index contributed by atoms with van der Waals surface area (Å²) in [5.41, 5.74) is 1.47. The summed E-state index contributed by atoms with van der Waals surface area (Å²) in [5, 5.41) is 0.353. The third kappa shape index (κ3) is 5.31. The van der Waals surface area contributed by atoms with Crippen LogP contribution in [-0.4, -0.2) is 43.2 Å². The van der Waals surface area contributed by atoms with Crippen molar-refractivity contribution >= 4 is 40.7 Å². The lowest BCUT2D eigenvalue weighted by molar-refractivity contribution is -0.151. The number of benzene rings is 3. The Kier molecular flexibility index (Phi) is 7.50. The fourth-order valence-corrected chi connectivity index (χ4v) is 4.25. The number of hydrogen-bond donors (Lipinski definition) is 0. The SMILES string of the molecule is COc1ccc(C(=O)[C@@H](C)OC(=O)[C@H]2CC(=O)N(c3ccc(Cl)cc3C(=O)c3ccccc3)C2)cc1. The van der Waals surface area contributed by atoms with E-state index in [1.807, 2.05) is 0 Å². The molecule has 1 aliphatic rings. The number of ketones is 2. The average Bonchev–Trinajstić information content (AvgIpc) is 3.29. The van der Waals surface area contributed by atoms with Gasteiger partial charge in [-0.05, 0) is 49.4 Å². The number of nitrogens with zero attached hydrogens (tertiary/aromatic N) is 1. The molecule has 1 amide bonds. The highest BCUT2D eigenvalue weighted by Gasteiger charge is 2.38. The van der Waals surface area contributed by atoms with Crippen molar-refractivity contribution in [3.63, 3.8) is 0 Å². The van der Waals surface area contributed by atoms with E-state index in [0.29, 0.717) is 27.6 Å². The van der Waals surface area contributed by atoms with Crippen molar-refractivity contribution in [2.75, 3.05) is 18.6 Å². The van der Waals surface area contributed by atoms with Gasteiger partial charge in [0.15, 0.2) is 11.9 Å². The maximum atomic E-state index is 13.2. The van der Waals surface area contributed by atoms with Crippen molar-refractivity contribution in [1.29, 1.82) is 0 Å². The van der Waals surface area contributed by atoms with Gasteiger partial charge < -0.3 is 14.4 Å². The highest BCUT2D eigenvalue weighted by Crippen LogP contribution is 2.32. The number of carbonyl (C=O) groups is 4. The van der Waals surface area contributed by atoms with Gasteiger partial charge in [0.25, 0.3) is 0 Å². The lowest BCUT2D eigenvalue weighted by Crippen LogP contribution is -2.31. The van der Waals surface area contributed by atoms with Crippen molar-refractivity contribution in [2.45, 2.75) is 19.4 Å². The molecule has 0 bridgehead atoms. The Hall–Kier alpha value is -3.97. The fraction of sp³-hybridized carbons (Fsp3) is 0.214. The summed E-state index contributed by atoms with van der Waals surface area (Å²) >= 11 is 6.16. The Morgan fingerprint density at radius 2 is 1.67 bits per heavy atom. The number of hydrogen-bond acceptors (Lipinski definition) is 6. The number of ether oxygens (including phenoxy) is 2. The van der Waals surface area contributed by atoms with Crippen LogP contribution < -0.4 is 9.64 Å². The van der Waals surface area contributed by atoms with E-state index in [4.69, 9.17) is 21.1 Å². The number of esters is 1. The summed E-state index contributed by atoms with van der Waals surface area (Å²) in [5.74, 6) is -1.79. The molecule has 0 saturated carbocycles. The van der Waals surface area contributed by atoms with Crippen molar-refractivity contribution in [3.8, 4) is 5.75 Å². The van der Waals surface area contributed by atoms with Gasteiger partial charge in [0.1, 0.15) is 5.75 Å². The monoisotopic (exact) mass is 505 g/mol. The van der Waals surface area contributed by atoms with Crippen molar-refractivity contribution in [3.05, 3.63) is 94.5 Å². The molecule has 0 aliphatic carbocycles. The molecule has 2 atom stereocenters. The fourth-order valence-electron chi connectivity index (χ4n) is 4.08. The number of carbonyl (C=O) groups excluding carboxylic acids is 4. The summed E-state index contributed by atoms with van der Waals surface area (Å²) in [6, 6.07) is 19.9. The van der Waals surface area contributed by atoms with Crippen LogP contribution in [0.3, 0.4) is 0 Å². The number of Topliss-reactive ketones (excluding diaryl/α,β-unsaturated/α-hetero) is 1. The molecule has 0 N–H and O–H groups in total. The maximum absolute atomic E-state index is 13.2. The zero-order valence-electron chi connectivity index (χ0n) is 19.8. The molecule has 36 heavy (non-hydrogen) atoms. The van der Waals surface area contributed by atoms with Crippen LogP contribution in [0.1, 0.15) is 39.6 Å². The summed E-state index contributed by atoms with van der Waals surface area (Å²) in [7, 11) is 1.53. The first-order chi connectivity index (χ1) is 17.3. The minimum absolute atomic E-state index is 0.0256. The van der Waals surface area contributed by atoms with Crippen LogP contribution >= 0.6 is 11.6 Å². The molecule has 1 fully saturated rings. The van der Waals surface area contributed by atoms with E-state index in [9.17, 15) is 19.2 Å². The number of methoxy groups -OCH3 is 1. The lowest BCUT2D eigenvalue weighted by atomic mass is 10.0. The molecule has 1 saturated heterocycles. The zero-order valence-corrected chi connectivity index (χ0v) is 20.5. The third-order valence-electron chi connectivity index (χ3n) is 6.03. The highest BCUT2D eigenvalue weighted by molar-refractivity contribution is 6.31. The second-order valence-corrected chi connectivity index (χ2v) is 8.87. The summed E-state index contributed by atoms with van der Waals surface area (Å²) in [4.78, 5) is 53.0. The predicted octanol–water partition coefficient (Wildman–Crippen LogP) is 4.75. The zero-order chi connectivity index (χ0) is 25.8. The van der Waals surface area contributed by atoms with E-state index in [0.717, 1.165) is 0 Å². The van der Waals surface area contributed by atoms with Crippen LogP contribution in [0.5, 0.6) is 5.75 Å². The number of rotatable bonds is 8. The lowest BCUT2D eigenvalue weighted by Gasteiger charge is -2.20. The minimum Gasteiger partial charge on any atom is -0.497 e. The maximum Gasteiger partial charge on any atom is 0.312 e. The summed E-state index contributed by atoms with van der Waals surface area (Å²) in [6.45, 7) is 1.52. The molecule has 0 aromatic heterocycles. The molecule has 0 spiro atoms. The van der Waals surface area contributed by atoms with Gasteiger partial charge in [-0.2, -0.15) is 0 Å². The number of anilines is 1. The normalized spacial score (nSPS) is 15.9. The molecular formula is C28H24ClNO6. The van der Waals surface area contributed by atoms with Crippen LogP contribution in [0, 0.1) is 5.92 Å². The van der Waals surface area contributed by atoms with E-state index < -0.39 is 18.0 Å². The van der Waals surface area contributed by atoms with Gasteiger partial charge in [-0.15, -0.1) is 0 Å². The van der Waals surface area contributed by atoms with Crippen molar-refractivity contribution in [1.82, 2.24) is 0 Å². The van der Waals surface area contributed by atoms with E-state index in [1.54, 1.807) is 66.7 Å². The highest BCUT2D eigenvalue weighted by atomic mass is 35.5. The molecule has 3 aromatic carbocycles. The minimum atomic E-state index is -1.03. The van der Waals surface area contributed by atoms with E-state index in [1.165, 1.54) is 25.0 Å². The summed E-state index contributed by atoms with van der Waals surface area (Å²) < 4.78 is 10.5. The number of halogens is 1. The van der Waals surface area contributed by atoms with E-state index in [-0.39, 0.29) is 36.0 Å². The second kappa shape index (κ2) is 10.7. The standard InChI is InChI=1S/C28H24ClNO6/c1-17(26(32)19-8-11-22(35-2)12-9-19)36-28(34)20-14-25(31)30(16-20)24-13-10-21(29)15-23(24)27(33)18-6-4-3-5-7-18/h3-13,15,17,20H,14,16H2,1-2H3/t17-,20+/m1/s1. The van der Waals surface area contributed by atoms with Crippen LogP contribution in [0.2, 0.25) is 5.02 Å². The summed E-state index contributed by atoms with van der Waals surface area (Å²) in [6.07, 6.45) is -1.12. The molecule has 8 heteroatoms. The van der Waals surface area contributed by atoms with E-state index in [2.05, 4.69) is 0 Å². The van der Waals surface area contributed by atoms with Crippen LogP contribution in [0.4, 0.5) is 5.69 Å². The van der Waals surface area contributed by atoms with Gasteiger partial charge in [-0.25, -0.2) is 0 Å². The van der Waals surface area contributed by atoms with Crippen LogP contribution in [0.25, 0.3) is 0 Å². The molecule has 0 unspecified atom stereocenters. The first kappa shape index (κ1) is 25.1. The molecule has 0 radical (unpaired) electrons. The Labute approximate surface area is 213 Å². The average molecular weight is 506 g/mol. The number of amides is 1. The Morgan fingerprint density at radius 1 is 0.972 bits per heavy atom. The Morgan fingerprint density at radius 3 is 2.33 bits per heavy atom. The van der Waals surface area contributed by atoms with Gasteiger partial charge >= 0.3 is 5.97 Å². The Bertz CT molecular complexity index is 1310. The molecule has 1 aliphatic heterocycles.